The van der Waals surface area contributed by atoms with Crippen molar-refractivity contribution in [3.63, 3.8) is 0 Å². The van der Waals surface area contributed by atoms with Gasteiger partial charge in [-0.25, -0.2) is 8.42 Å². The molecule has 7 heteroatoms. The van der Waals surface area contributed by atoms with Crippen molar-refractivity contribution in [1.82, 2.24) is 9.62 Å². The predicted molar refractivity (Wildman–Crippen MR) is 116 cm³/mol. The van der Waals surface area contributed by atoms with Crippen LogP contribution in [0.3, 0.4) is 0 Å². The number of fused-ring (bicyclic) bond motifs is 2. The Morgan fingerprint density at radius 1 is 1.17 bits per heavy atom. The first-order valence-electron chi connectivity index (χ1n) is 11.0. The van der Waals surface area contributed by atoms with Gasteiger partial charge in [-0.2, -0.15) is 4.31 Å². The molecule has 1 amide bonds. The average molecular weight is 435 g/mol. The van der Waals surface area contributed by atoms with Crippen LogP contribution < -0.4 is 5.32 Å². The van der Waals surface area contributed by atoms with Crippen molar-refractivity contribution in [2.75, 3.05) is 26.3 Å². The molecule has 1 unspecified atom stereocenters. The van der Waals surface area contributed by atoms with Crippen molar-refractivity contribution in [1.29, 1.82) is 0 Å². The summed E-state index contributed by atoms with van der Waals surface area (Å²) in [6.07, 6.45) is 3.51. The number of nitrogens with zero attached hydrogens (tertiary/aromatic N) is 1. The van der Waals surface area contributed by atoms with Crippen LogP contribution in [0.2, 0.25) is 0 Å². The number of nitrogens with one attached hydrogen (secondary N) is 1. The second-order valence-corrected chi connectivity index (χ2v) is 12.2. The molecule has 1 heterocycles. The van der Waals surface area contributed by atoms with Crippen LogP contribution in [0, 0.1) is 30.6 Å². The molecule has 1 aliphatic heterocycles. The van der Waals surface area contributed by atoms with E-state index in [0.717, 1.165) is 18.4 Å². The summed E-state index contributed by atoms with van der Waals surface area (Å²) in [5, 5.41) is 3.29. The highest BCUT2D eigenvalue weighted by Crippen LogP contribution is 2.62. The fraction of sp³-hybridized carbons (Fsp3) is 0.696. The Balaban J connectivity index is 1.65. The predicted octanol–water partition coefficient (Wildman–Crippen LogP) is 3.27. The first kappa shape index (κ1) is 21.8. The monoisotopic (exact) mass is 434 g/mol. The van der Waals surface area contributed by atoms with Gasteiger partial charge >= 0.3 is 0 Å². The molecule has 4 rings (SSSR count). The third-order valence-electron chi connectivity index (χ3n) is 8.01. The van der Waals surface area contributed by atoms with E-state index in [1.54, 1.807) is 6.07 Å². The van der Waals surface area contributed by atoms with Crippen LogP contribution in [0.25, 0.3) is 0 Å². The van der Waals surface area contributed by atoms with Gasteiger partial charge < -0.3 is 10.1 Å². The first-order valence-corrected chi connectivity index (χ1v) is 12.4. The normalized spacial score (nSPS) is 31.1. The number of ether oxygens (including phenoxy) is 1. The summed E-state index contributed by atoms with van der Waals surface area (Å²) in [5.41, 5.74) is 2.10. The maximum Gasteiger partial charge on any atom is 0.251 e. The van der Waals surface area contributed by atoms with Crippen molar-refractivity contribution < 1.29 is 17.9 Å². The molecule has 2 aliphatic carbocycles. The summed E-state index contributed by atoms with van der Waals surface area (Å²) in [6.45, 7) is 11.9. The lowest BCUT2D eigenvalue weighted by Gasteiger charge is -2.43. The molecule has 0 spiro atoms. The van der Waals surface area contributed by atoms with Gasteiger partial charge in [-0.15, -0.1) is 0 Å². The maximum atomic E-state index is 13.3. The van der Waals surface area contributed by atoms with E-state index in [4.69, 9.17) is 4.74 Å². The van der Waals surface area contributed by atoms with E-state index < -0.39 is 10.0 Å². The van der Waals surface area contributed by atoms with Gasteiger partial charge in [0.1, 0.15) is 0 Å². The number of hydrogen-bond donors (Lipinski definition) is 1. The van der Waals surface area contributed by atoms with Crippen LogP contribution in [0.1, 0.15) is 61.5 Å². The Kier molecular flexibility index (Phi) is 5.31. The minimum atomic E-state index is -3.67. The number of aryl methyl sites for hydroxylation is 1. The summed E-state index contributed by atoms with van der Waals surface area (Å²) in [6, 6.07) is 3.47. The van der Waals surface area contributed by atoms with E-state index >= 15 is 0 Å². The zero-order valence-electron chi connectivity index (χ0n) is 18.7. The lowest BCUT2D eigenvalue weighted by atomic mass is 9.68. The number of morpholine rings is 1. The number of hydrogen-bond acceptors (Lipinski definition) is 4. The summed E-state index contributed by atoms with van der Waals surface area (Å²) in [7, 11) is -3.67. The Morgan fingerprint density at radius 2 is 1.83 bits per heavy atom. The van der Waals surface area contributed by atoms with E-state index in [1.807, 2.05) is 19.9 Å². The number of carbonyl (C=O) groups excluding carboxylic acids is 1. The number of benzene rings is 1. The molecule has 1 aromatic rings. The van der Waals surface area contributed by atoms with E-state index in [0.29, 0.717) is 43.3 Å². The molecular weight excluding hydrogens is 400 g/mol. The molecule has 3 atom stereocenters. The molecule has 2 bridgehead atoms. The summed E-state index contributed by atoms with van der Waals surface area (Å²) < 4.78 is 33.3. The van der Waals surface area contributed by atoms with Gasteiger partial charge in [0.25, 0.3) is 5.91 Å². The average Bonchev–Trinajstić information content (AvgIpc) is 3.18. The van der Waals surface area contributed by atoms with Gasteiger partial charge in [-0.3, -0.25) is 4.79 Å². The van der Waals surface area contributed by atoms with E-state index in [9.17, 15) is 13.2 Å². The molecule has 3 fully saturated rings. The minimum absolute atomic E-state index is 0.0467. The zero-order valence-corrected chi connectivity index (χ0v) is 19.6. The second-order valence-electron chi connectivity index (χ2n) is 10.3. The molecule has 1 aromatic carbocycles. The van der Waals surface area contributed by atoms with E-state index in [-0.39, 0.29) is 27.7 Å². The highest BCUT2D eigenvalue weighted by Gasteiger charge is 2.59. The van der Waals surface area contributed by atoms with Crippen molar-refractivity contribution in [3.05, 3.63) is 28.8 Å². The third kappa shape index (κ3) is 3.39. The maximum absolute atomic E-state index is 13.3. The fourth-order valence-electron chi connectivity index (χ4n) is 6.03. The van der Waals surface area contributed by atoms with Crippen molar-refractivity contribution in [2.45, 2.75) is 64.8 Å². The van der Waals surface area contributed by atoms with Crippen molar-refractivity contribution in [2.24, 2.45) is 16.7 Å². The molecule has 1 saturated heterocycles. The Morgan fingerprint density at radius 3 is 2.43 bits per heavy atom. The quantitative estimate of drug-likeness (QED) is 0.789. The van der Waals surface area contributed by atoms with Crippen LogP contribution in [-0.2, 0) is 14.8 Å². The van der Waals surface area contributed by atoms with Gasteiger partial charge in [-0.05, 0) is 73.1 Å². The largest absolute Gasteiger partial charge is 0.379 e. The highest BCUT2D eigenvalue weighted by atomic mass is 32.2. The minimum Gasteiger partial charge on any atom is -0.379 e. The SMILES string of the molecule is Cc1cc(C(=O)NC2C(C)(C)[C@@H]3CC[C@]2(C)C3)cc(S(=O)(=O)N2CCOCC2)c1C. The lowest BCUT2D eigenvalue weighted by Crippen LogP contribution is -2.52. The molecule has 166 valence electrons. The van der Waals surface area contributed by atoms with E-state index in [1.165, 1.54) is 10.7 Å². The highest BCUT2D eigenvalue weighted by molar-refractivity contribution is 7.89. The third-order valence-corrected chi connectivity index (χ3v) is 10.0. The number of rotatable bonds is 4. The Labute approximate surface area is 180 Å². The lowest BCUT2D eigenvalue weighted by molar-refractivity contribution is 0.0728. The smallest absolute Gasteiger partial charge is 0.251 e. The Hall–Kier alpha value is -1.44. The fourth-order valence-corrected chi connectivity index (χ4v) is 7.76. The molecule has 2 saturated carbocycles. The Bertz CT molecular complexity index is 961. The van der Waals surface area contributed by atoms with Gasteiger partial charge in [0.15, 0.2) is 0 Å². The summed E-state index contributed by atoms with van der Waals surface area (Å²) in [5.74, 6) is 0.452. The van der Waals surface area contributed by atoms with Crippen LogP contribution in [0.15, 0.2) is 17.0 Å². The number of carbonyl (C=O) groups is 1. The van der Waals surface area contributed by atoms with Crippen LogP contribution in [0.5, 0.6) is 0 Å². The molecule has 6 nitrogen and oxygen atoms in total. The molecule has 30 heavy (non-hydrogen) atoms. The standard InChI is InChI=1S/C23H34N2O4S/c1-15-12-17(13-19(16(15)2)30(27,28)25-8-10-29-11-9-25)20(26)24-21-22(3,4)18-6-7-23(21,5)14-18/h12-13,18,21H,6-11,14H2,1-5H3,(H,24,26)/t18-,21?,23-/m1/s1. The molecule has 3 aliphatic rings. The molecule has 1 N–H and O–H groups in total. The van der Waals surface area contributed by atoms with E-state index in [2.05, 4.69) is 26.1 Å². The topological polar surface area (TPSA) is 75.7 Å². The first-order chi connectivity index (χ1) is 14.0. The molecule has 0 aromatic heterocycles. The van der Waals surface area contributed by atoms with Gasteiger partial charge in [0.2, 0.25) is 10.0 Å². The molecular formula is C23H34N2O4S. The zero-order chi connectivity index (χ0) is 21.9. The van der Waals surface area contributed by atoms with Crippen LogP contribution >= 0.6 is 0 Å². The second kappa shape index (κ2) is 7.31. The van der Waals surface area contributed by atoms with Gasteiger partial charge in [0.05, 0.1) is 18.1 Å². The van der Waals surface area contributed by atoms with Gasteiger partial charge in [0, 0.05) is 24.7 Å². The summed E-state index contributed by atoms with van der Waals surface area (Å²) in [4.78, 5) is 13.5. The van der Waals surface area contributed by atoms with Crippen molar-refractivity contribution >= 4 is 15.9 Å². The van der Waals surface area contributed by atoms with Crippen molar-refractivity contribution in [3.8, 4) is 0 Å². The van der Waals surface area contributed by atoms with Crippen LogP contribution in [0.4, 0.5) is 0 Å². The van der Waals surface area contributed by atoms with Crippen LogP contribution in [-0.4, -0.2) is 51.0 Å². The summed E-state index contributed by atoms with van der Waals surface area (Å²) >= 11 is 0. The number of sulfonamides is 1. The molecule has 0 radical (unpaired) electrons. The number of amides is 1. The van der Waals surface area contributed by atoms with Gasteiger partial charge in [-0.1, -0.05) is 20.8 Å².